The van der Waals surface area contributed by atoms with Gasteiger partial charge < -0.3 is 10.3 Å². The van der Waals surface area contributed by atoms with E-state index in [9.17, 15) is 0 Å². The molecule has 0 aliphatic rings. The normalized spacial score (nSPS) is 10.6. The number of H-pyrrole nitrogens is 1. The minimum absolute atomic E-state index is 0.516. The Labute approximate surface area is 111 Å². The number of aromatic nitrogens is 4. The van der Waals surface area contributed by atoms with Gasteiger partial charge >= 0.3 is 0 Å². The Morgan fingerprint density at radius 1 is 1.39 bits per heavy atom. The minimum atomic E-state index is 0.516. The van der Waals surface area contributed by atoms with Gasteiger partial charge in [-0.2, -0.15) is 0 Å². The Balaban J connectivity index is 2.02. The highest BCUT2D eigenvalue weighted by atomic mass is 35.5. The van der Waals surface area contributed by atoms with E-state index >= 15 is 0 Å². The summed E-state index contributed by atoms with van der Waals surface area (Å²) in [6.45, 7) is 4.68. The maximum absolute atomic E-state index is 6.07. The summed E-state index contributed by atoms with van der Waals surface area (Å²) in [6, 6.07) is 0. The highest BCUT2D eigenvalue weighted by Crippen LogP contribution is 2.19. The fourth-order valence-electron chi connectivity index (χ4n) is 1.60. The summed E-state index contributed by atoms with van der Waals surface area (Å²) in [4.78, 5) is 15.9. The van der Waals surface area contributed by atoms with Crippen molar-refractivity contribution in [2.24, 2.45) is 0 Å². The van der Waals surface area contributed by atoms with Crippen molar-refractivity contribution < 1.29 is 0 Å². The quantitative estimate of drug-likeness (QED) is 0.815. The van der Waals surface area contributed by atoms with Crippen molar-refractivity contribution in [2.75, 3.05) is 11.9 Å². The van der Waals surface area contributed by atoms with Crippen LogP contribution in [0.3, 0.4) is 0 Å². The lowest BCUT2D eigenvalue weighted by molar-refractivity contribution is 0.894. The molecule has 0 aromatic carbocycles. The molecule has 0 aliphatic carbocycles. The number of aromatic amines is 1. The minimum Gasteiger partial charge on any atom is -0.369 e. The van der Waals surface area contributed by atoms with Gasteiger partial charge in [0.15, 0.2) is 0 Å². The summed E-state index contributed by atoms with van der Waals surface area (Å²) >= 11 is 6.07. The van der Waals surface area contributed by atoms with Crippen molar-refractivity contribution in [3.63, 3.8) is 0 Å². The molecular formula is C12H16ClN5. The SMILES string of the molecule is CCc1nc(Cl)c(C)c(NCCc2ncc[nH]2)n1. The van der Waals surface area contributed by atoms with E-state index < -0.39 is 0 Å². The molecule has 2 N–H and O–H groups in total. The number of imidazole rings is 1. The molecule has 0 aliphatic heterocycles. The van der Waals surface area contributed by atoms with E-state index in [1.54, 1.807) is 6.20 Å². The third kappa shape index (κ3) is 2.98. The number of nitrogens with zero attached hydrogens (tertiary/aromatic N) is 3. The van der Waals surface area contributed by atoms with Crippen LogP contribution in [0.2, 0.25) is 5.15 Å². The van der Waals surface area contributed by atoms with Crippen molar-refractivity contribution in [2.45, 2.75) is 26.7 Å². The molecule has 0 bridgehead atoms. The summed E-state index contributed by atoms with van der Waals surface area (Å²) < 4.78 is 0. The molecule has 0 spiro atoms. The monoisotopic (exact) mass is 265 g/mol. The largest absolute Gasteiger partial charge is 0.369 e. The summed E-state index contributed by atoms with van der Waals surface area (Å²) in [5.74, 6) is 2.51. The van der Waals surface area contributed by atoms with E-state index in [2.05, 4.69) is 25.3 Å². The highest BCUT2D eigenvalue weighted by molar-refractivity contribution is 6.30. The van der Waals surface area contributed by atoms with Gasteiger partial charge in [-0.3, -0.25) is 0 Å². The lowest BCUT2D eigenvalue weighted by atomic mass is 10.3. The number of hydrogen-bond donors (Lipinski definition) is 2. The fourth-order valence-corrected chi connectivity index (χ4v) is 1.78. The first-order valence-corrected chi connectivity index (χ1v) is 6.33. The molecule has 2 rings (SSSR count). The zero-order valence-electron chi connectivity index (χ0n) is 10.5. The number of anilines is 1. The van der Waals surface area contributed by atoms with E-state index in [1.165, 1.54) is 0 Å². The van der Waals surface area contributed by atoms with Gasteiger partial charge in [-0.25, -0.2) is 15.0 Å². The summed E-state index contributed by atoms with van der Waals surface area (Å²) in [6.07, 6.45) is 5.15. The summed E-state index contributed by atoms with van der Waals surface area (Å²) in [5, 5.41) is 3.79. The van der Waals surface area contributed by atoms with Crippen LogP contribution >= 0.6 is 11.6 Å². The standard InChI is InChI=1S/C12H16ClN5/c1-3-9-17-11(13)8(2)12(18-9)16-5-4-10-14-6-7-15-10/h6-7H,3-5H2,1-2H3,(H,14,15)(H,16,17,18). The van der Waals surface area contributed by atoms with Gasteiger partial charge in [0, 0.05) is 37.3 Å². The average molecular weight is 266 g/mol. The second-order valence-corrected chi connectivity index (χ2v) is 4.33. The molecule has 18 heavy (non-hydrogen) atoms. The first kappa shape index (κ1) is 12.8. The molecule has 0 radical (unpaired) electrons. The van der Waals surface area contributed by atoms with E-state index in [1.807, 2.05) is 20.0 Å². The first-order valence-electron chi connectivity index (χ1n) is 5.95. The summed E-state index contributed by atoms with van der Waals surface area (Å²) in [7, 11) is 0. The van der Waals surface area contributed by atoms with Gasteiger partial charge in [-0.05, 0) is 6.92 Å². The van der Waals surface area contributed by atoms with Crippen LogP contribution in [0, 0.1) is 6.92 Å². The Morgan fingerprint density at radius 2 is 2.22 bits per heavy atom. The molecular weight excluding hydrogens is 250 g/mol. The van der Waals surface area contributed by atoms with Crippen LogP contribution in [0.25, 0.3) is 0 Å². The second-order valence-electron chi connectivity index (χ2n) is 3.97. The molecule has 0 saturated heterocycles. The lowest BCUT2D eigenvalue weighted by Crippen LogP contribution is -2.10. The predicted molar refractivity (Wildman–Crippen MR) is 71.9 cm³/mol. The Kier molecular flexibility index (Phi) is 4.15. The van der Waals surface area contributed by atoms with Gasteiger partial charge in [0.25, 0.3) is 0 Å². The van der Waals surface area contributed by atoms with Crippen LogP contribution in [-0.4, -0.2) is 26.5 Å². The van der Waals surface area contributed by atoms with Crippen molar-refractivity contribution in [1.82, 2.24) is 19.9 Å². The number of rotatable bonds is 5. The molecule has 6 heteroatoms. The number of nitrogens with one attached hydrogen (secondary N) is 2. The van der Waals surface area contributed by atoms with Gasteiger partial charge in [0.1, 0.15) is 22.6 Å². The zero-order valence-corrected chi connectivity index (χ0v) is 11.3. The molecule has 2 aromatic heterocycles. The predicted octanol–water partition coefficient (Wildman–Crippen LogP) is 2.38. The number of hydrogen-bond acceptors (Lipinski definition) is 4. The summed E-state index contributed by atoms with van der Waals surface area (Å²) in [5.41, 5.74) is 0.883. The fraction of sp³-hybridized carbons (Fsp3) is 0.417. The second kappa shape index (κ2) is 5.82. The third-order valence-electron chi connectivity index (χ3n) is 2.66. The van der Waals surface area contributed by atoms with E-state index in [0.717, 1.165) is 42.4 Å². The molecule has 0 saturated carbocycles. The lowest BCUT2D eigenvalue weighted by Gasteiger charge is -2.10. The molecule has 0 unspecified atom stereocenters. The molecule has 0 amide bonds. The third-order valence-corrected chi connectivity index (χ3v) is 3.03. The van der Waals surface area contributed by atoms with Gasteiger partial charge in [0.2, 0.25) is 0 Å². The van der Waals surface area contributed by atoms with Crippen molar-refractivity contribution in [1.29, 1.82) is 0 Å². The van der Waals surface area contributed by atoms with Crippen LogP contribution in [-0.2, 0) is 12.8 Å². The van der Waals surface area contributed by atoms with E-state index in [-0.39, 0.29) is 0 Å². The molecule has 2 aromatic rings. The first-order chi connectivity index (χ1) is 8.70. The van der Waals surface area contributed by atoms with Crippen LogP contribution < -0.4 is 5.32 Å². The van der Waals surface area contributed by atoms with Crippen LogP contribution in [0.1, 0.15) is 24.1 Å². The topological polar surface area (TPSA) is 66.5 Å². The molecule has 96 valence electrons. The van der Waals surface area contributed by atoms with Gasteiger partial charge in [-0.15, -0.1) is 0 Å². The molecule has 0 atom stereocenters. The zero-order chi connectivity index (χ0) is 13.0. The number of halogens is 1. The smallest absolute Gasteiger partial charge is 0.137 e. The van der Waals surface area contributed by atoms with Crippen molar-refractivity contribution in [3.05, 3.63) is 34.8 Å². The molecule has 5 nitrogen and oxygen atoms in total. The number of aryl methyl sites for hydroxylation is 1. The van der Waals surface area contributed by atoms with Crippen molar-refractivity contribution in [3.8, 4) is 0 Å². The molecule has 2 heterocycles. The van der Waals surface area contributed by atoms with E-state index in [0.29, 0.717) is 5.15 Å². The Hall–Kier alpha value is -1.62. The maximum Gasteiger partial charge on any atom is 0.137 e. The van der Waals surface area contributed by atoms with Gasteiger partial charge in [-0.1, -0.05) is 18.5 Å². The highest BCUT2D eigenvalue weighted by Gasteiger charge is 2.08. The van der Waals surface area contributed by atoms with Gasteiger partial charge in [0.05, 0.1) is 0 Å². The van der Waals surface area contributed by atoms with Crippen molar-refractivity contribution >= 4 is 17.4 Å². The Morgan fingerprint density at radius 3 is 2.89 bits per heavy atom. The maximum atomic E-state index is 6.07. The Bertz CT molecular complexity index is 509. The van der Waals surface area contributed by atoms with E-state index in [4.69, 9.17) is 11.6 Å². The van der Waals surface area contributed by atoms with Crippen LogP contribution in [0.15, 0.2) is 12.4 Å². The average Bonchev–Trinajstić information content (AvgIpc) is 2.87. The van der Waals surface area contributed by atoms with Crippen LogP contribution in [0.4, 0.5) is 5.82 Å². The van der Waals surface area contributed by atoms with Crippen LogP contribution in [0.5, 0.6) is 0 Å². The molecule has 0 fully saturated rings.